The molecule has 2 N–H and O–H groups in total. The third-order valence-electron chi connectivity index (χ3n) is 7.45. The summed E-state index contributed by atoms with van der Waals surface area (Å²) in [6.45, 7) is 4.15. The van der Waals surface area contributed by atoms with Gasteiger partial charge < -0.3 is 5.73 Å². The van der Waals surface area contributed by atoms with E-state index in [1.54, 1.807) is 12.1 Å². The molecule has 156 valence electrons. The number of carbonyl (C=O) groups is 1. The molecule has 1 amide bonds. The van der Waals surface area contributed by atoms with Crippen LogP contribution >= 0.6 is 0 Å². The first-order valence-electron chi connectivity index (χ1n) is 10.8. The molecule has 4 heteroatoms. The number of halogens is 1. The number of rotatable bonds is 5. The molecule has 0 bridgehead atoms. The van der Waals surface area contributed by atoms with Crippen molar-refractivity contribution in [2.75, 3.05) is 0 Å². The minimum atomic E-state index is -0.689. The van der Waals surface area contributed by atoms with Crippen LogP contribution in [0, 0.1) is 17.7 Å². The Balaban J connectivity index is 1.55. The number of aromatic nitrogens is 1. The van der Waals surface area contributed by atoms with E-state index in [1.807, 2.05) is 49.5 Å². The lowest BCUT2D eigenvalue weighted by Crippen LogP contribution is -2.47. The first kappa shape index (κ1) is 20.5. The van der Waals surface area contributed by atoms with E-state index in [-0.39, 0.29) is 17.6 Å². The average Bonchev–Trinajstić information content (AvgIpc) is 2.78. The fourth-order valence-electron chi connectivity index (χ4n) is 5.31. The summed E-state index contributed by atoms with van der Waals surface area (Å²) in [6, 6.07) is 16.8. The molecular formula is C26H29FN2O. The Bertz CT molecular complexity index is 1040. The highest BCUT2D eigenvalue weighted by atomic mass is 19.1. The van der Waals surface area contributed by atoms with Crippen molar-refractivity contribution >= 4 is 16.8 Å². The van der Waals surface area contributed by atoms with Gasteiger partial charge in [0.25, 0.3) is 0 Å². The summed E-state index contributed by atoms with van der Waals surface area (Å²) in [5.74, 6) is 0.462. The van der Waals surface area contributed by atoms with Gasteiger partial charge in [0.2, 0.25) is 5.91 Å². The summed E-state index contributed by atoms with van der Waals surface area (Å²) in [5, 5.41) is 0.917. The van der Waals surface area contributed by atoms with Gasteiger partial charge in [-0.15, -0.1) is 0 Å². The van der Waals surface area contributed by atoms with Crippen LogP contribution < -0.4 is 5.73 Å². The second-order valence-electron chi connectivity index (χ2n) is 8.89. The summed E-state index contributed by atoms with van der Waals surface area (Å²) >= 11 is 0. The molecule has 1 aliphatic rings. The van der Waals surface area contributed by atoms with Crippen molar-refractivity contribution in [2.24, 2.45) is 17.6 Å². The maximum Gasteiger partial charge on any atom is 0.228 e. The highest BCUT2D eigenvalue weighted by Gasteiger charge is 2.43. The number of hydrogen-bond donors (Lipinski definition) is 1. The van der Waals surface area contributed by atoms with Crippen molar-refractivity contribution in [2.45, 2.75) is 50.9 Å². The van der Waals surface area contributed by atoms with E-state index >= 15 is 0 Å². The van der Waals surface area contributed by atoms with Crippen LogP contribution in [0.25, 0.3) is 10.9 Å². The molecule has 3 aromatic rings. The van der Waals surface area contributed by atoms with Gasteiger partial charge in [0.05, 0.1) is 10.9 Å². The van der Waals surface area contributed by atoms with Crippen LogP contribution in [0.2, 0.25) is 0 Å². The van der Waals surface area contributed by atoms with E-state index in [2.05, 4.69) is 11.9 Å². The molecule has 30 heavy (non-hydrogen) atoms. The van der Waals surface area contributed by atoms with Crippen molar-refractivity contribution in [1.29, 1.82) is 0 Å². The number of fused-ring (bicyclic) bond motifs is 1. The van der Waals surface area contributed by atoms with Crippen LogP contribution in [0.3, 0.4) is 0 Å². The summed E-state index contributed by atoms with van der Waals surface area (Å²) in [6.07, 6.45) is 5.92. The zero-order valence-corrected chi connectivity index (χ0v) is 17.6. The number of pyridine rings is 1. The molecule has 2 aromatic carbocycles. The first-order chi connectivity index (χ1) is 14.4. The van der Waals surface area contributed by atoms with Crippen LogP contribution in [-0.2, 0) is 10.2 Å². The predicted molar refractivity (Wildman–Crippen MR) is 119 cm³/mol. The SMILES string of the molecule is C[C@H](C1CCC(c2ccnc3ccc(F)cc23)CC1)C(C)(C(N)=O)c1ccccc1. The Morgan fingerprint density at radius 2 is 1.80 bits per heavy atom. The van der Waals surface area contributed by atoms with Crippen LogP contribution in [0.15, 0.2) is 60.8 Å². The van der Waals surface area contributed by atoms with Crippen LogP contribution in [-0.4, -0.2) is 10.9 Å². The third kappa shape index (κ3) is 3.60. The van der Waals surface area contributed by atoms with E-state index in [1.165, 1.54) is 11.6 Å². The molecule has 1 unspecified atom stereocenters. The lowest BCUT2D eigenvalue weighted by Gasteiger charge is -2.41. The summed E-state index contributed by atoms with van der Waals surface area (Å²) in [7, 11) is 0. The Hall–Kier alpha value is -2.75. The number of amides is 1. The number of nitrogens with two attached hydrogens (primary N) is 1. The molecule has 1 fully saturated rings. The molecule has 3 nitrogen and oxygen atoms in total. The Labute approximate surface area is 177 Å². The van der Waals surface area contributed by atoms with Gasteiger partial charge >= 0.3 is 0 Å². The van der Waals surface area contributed by atoms with Crippen molar-refractivity contribution < 1.29 is 9.18 Å². The molecule has 1 aromatic heterocycles. The van der Waals surface area contributed by atoms with Gasteiger partial charge in [-0.3, -0.25) is 9.78 Å². The number of nitrogens with zero attached hydrogens (tertiary/aromatic N) is 1. The lowest BCUT2D eigenvalue weighted by molar-refractivity contribution is -0.125. The van der Waals surface area contributed by atoms with Gasteiger partial charge in [-0.2, -0.15) is 0 Å². The van der Waals surface area contributed by atoms with Gasteiger partial charge in [0.1, 0.15) is 5.82 Å². The summed E-state index contributed by atoms with van der Waals surface area (Å²) < 4.78 is 13.8. The van der Waals surface area contributed by atoms with E-state index < -0.39 is 5.41 Å². The maximum atomic E-state index is 13.8. The molecule has 0 saturated heterocycles. The molecule has 1 aliphatic carbocycles. The van der Waals surface area contributed by atoms with E-state index in [0.717, 1.165) is 42.1 Å². The molecule has 1 heterocycles. The fourth-order valence-corrected chi connectivity index (χ4v) is 5.31. The minimum absolute atomic E-state index is 0.143. The van der Waals surface area contributed by atoms with Crippen molar-refractivity contribution in [3.05, 3.63) is 77.7 Å². The summed E-state index contributed by atoms with van der Waals surface area (Å²) in [4.78, 5) is 16.9. The zero-order valence-electron chi connectivity index (χ0n) is 17.6. The second-order valence-corrected chi connectivity index (χ2v) is 8.89. The largest absolute Gasteiger partial charge is 0.369 e. The van der Waals surface area contributed by atoms with Crippen molar-refractivity contribution in [1.82, 2.24) is 4.98 Å². The van der Waals surface area contributed by atoms with E-state index in [0.29, 0.717) is 11.8 Å². The molecule has 2 atom stereocenters. The molecule has 0 aliphatic heterocycles. The number of benzene rings is 2. The quantitative estimate of drug-likeness (QED) is 0.591. The molecule has 1 saturated carbocycles. The van der Waals surface area contributed by atoms with Gasteiger partial charge in [-0.25, -0.2) is 4.39 Å². The fraction of sp³-hybridized carbons (Fsp3) is 0.385. The zero-order chi connectivity index (χ0) is 21.3. The lowest BCUT2D eigenvalue weighted by atomic mass is 9.62. The van der Waals surface area contributed by atoms with E-state index in [9.17, 15) is 9.18 Å². The average molecular weight is 405 g/mol. The molecular weight excluding hydrogens is 375 g/mol. The van der Waals surface area contributed by atoms with E-state index in [4.69, 9.17) is 5.73 Å². The van der Waals surface area contributed by atoms with Crippen molar-refractivity contribution in [3.8, 4) is 0 Å². The highest BCUT2D eigenvalue weighted by molar-refractivity contribution is 5.86. The van der Waals surface area contributed by atoms with Crippen molar-refractivity contribution in [3.63, 3.8) is 0 Å². The molecule has 0 spiro atoms. The van der Waals surface area contributed by atoms with Crippen LogP contribution in [0.1, 0.15) is 56.6 Å². The number of carbonyl (C=O) groups excluding carboxylic acids is 1. The monoisotopic (exact) mass is 404 g/mol. The third-order valence-corrected chi connectivity index (χ3v) is 7.45. The second kappa shape index (κ2) is 8.17. The smallest absolute Gasteiger partial charge is 0.228 e. The maximum absolute atomic E-state index is 13.8. The minimum Gasteiger partial charge on any atom is -0.369 e. The Morgan fingerprint density at radius 1 is 1.10 bits per heavy atom. The van der Waals surface area contributed by atoms with Crippen LogP contribution in [0.5, 0.6) is 0 Å². The Kier molecular flexibility index (Phi) is 5.59. The predicted octanol–water partition coefficient (Wildman–Crippen LogP) is 5.73. The molecule has 4 rings (SSSR count). The van der Waals surface area contributed by atoms with Gasteiger partial charge in [0.15, 0.2) is 0 Å². The first-order valence-corrected chi connectivity index (χ1v) is 10.8. The highest BCUT2D eigenvalue weighted by Crippen LogP contribution is 2.46. The standard InChI is InChI=1S/C26H29FN2O/c1-17(26(2,25(28)30)20-6-4-3-5-7-20)18-8-10-19(11-9-18)22-14-15-29-24-13-12-21(27)16-23(22)24/h3-7,12-19H,8-11H2,1-2H3,(H2,28,30)/t17-,18?,19?,26?/m1/s1. The summed E-state index contributed by atoms with van der Waals surface area (Å²) in [5.41, 5.74) is 8.25. The number of hydrogen-bond acceptors (Lipinski definition) is 2. The molecule has 0 radical (unpaired) electrons. The topological polar surface area (TPSA) is 56.0 Å². The van der Waals surface area contributed by atoms with Gasteiger partial charge in [-0.1, -0.05) is 37.3 Å². The van der Waals surface area contributed by atoms with Gasteiger partial charge in [-0.05, 0) is 85.8 Å². The van der Waals surface area contributed by atoms with Crippen LogP contribution in [0.4, 0.5) is 4.39 Å². The number of primary amides is 1. The normalized spacial score (nSPS) is 22.4. The van der Waals surface area contributed by atoms with Gasteiger partial charge in [0, 0.05) is 11.6 Å². The Morgan fingerprint density at radius 3 is 2.47 bits per heavy atom.